The number of nitrogens with zero attached hydrogens (tertiary/aromatic N) is 1. The first-order valence-corrected chi connectivity index (χ1v) is 6.95. The van der Waals surface area contributed by atoms with Crippen LogP contribution in [0.25, 0.3) is 0 Å². The van der Waals surface area contributed by atoms with E-state index in [9.17, 15) is 0 Å². The predicted molar refractivity (Wildman–Crippen MR) is 96.1 cm³/mol. The molecule has 0 fully saturated rings. The van der Waals surface area contributed by atoms with Gasteiger partial charge in [-0.1, -0.05) is 6.07 Å². The lowest BCUT2D eigenvalue weighted by molar-refractivity contribution is 0.415. The number of halogens is 1. The van der Waals surface area contributed by atoms with Crippen molar-refractivity contribution in [1.82, 2.24) is 0 Å². The zero-order chi connectivity index (χ0) is 13.6. The molecule has 0 bridgehead atoms. The SMILES string of the molecule is COc1cccc(NC(N)=NCC(C)(C)SC)c1.I. The number of anilines is 1. The molecule has 4 nitrogen and oxygen atoms in total. The van der Waals surface area contributed by atoms with E-state index >= 15 is 0 Å². The van der Waals surface area contributed by atoms with Crippen molar-refractivity contribution in [2.24, 2.45) is 10.7 Å². The van der Waals surface area contributed by atoms with Crippen molar-refractivity contribution in [3.05, 3.63) is 24.3 Å². The van der Waals surface area contributed by atoms with Crippen molar-refractivity contribution in [3.63, 3.8) is 0 Å². The van der Waals surface area contributed by atoms with Crippen LogP contribution in [-0.4, -0.2) is 30.6 Å². The van der Waals surface area contributed by atoms with E-state index in [1.165, 1.54) is 0 Å². The Labute approximate surface area is 136 Å². The van der Waals surface area contributed by atoms with Crippen LogP contribution in [0, 0.1) is 0 Å². The molecule has 0 atom stereocenters. The fourth-order valence-electron chi connectivity index (χ4n) is 1.23. The maximum absolute atomic E-state index is 5.85. The molecular weight excluding hydrogens is 373 g/mol. The Balaban J connectivity index is 0.00000324. The monoisotopic (exact) mass is 395 g/mol. The van der Waals surface area contributed by atoms with E-state index in [0.717, 1.165) is 11.4 Å². The van der Waals surface area contributed by atoms with Crippen LogP contribution in [0.15, 0.2) is 29.3 Å². The molecule has 0 saturated heterocycles. The Hall–Kier alpha value is -0.630. The molecule has 1 rings (SSSR count). The normalized spacial score (nSPS) is 11.7. The molecule has 0 aliphatic heterocycles. The van der Waals surface area contributed by atoms with Gasteiger partial charge in [0.15, 0.2) is 5.96 Å². The van der Waals surface area contributed by atoms with Crippen LogP contribution in [0.5, 0.6) is 5.75 Å². The van der Waals surface area contributed by atoms with Crippen LogP contribution in [0.1, 0.15) is 13.8 Å². The summed E-state index contributed by atoms with van der Waals surface area (Å²) in [6, 6.07) is 7.59. The Morgan fingerprint density at radius 2 is 2.16 bits per heavy atom. The molecule has 6 heteroatoms. The quantitative estimate of drug-likeness (QED) is 0.457. The molecule has 0 radical (unpaired) electrons. The van der Waals surface area contributed by atoms with Crippen molar-refractivity contribution in [2.75, 3.05) is 25.2 Å². The van der Waals surface area contributed by atoms with Gasteiger partial charge in [0.1, 0.15) is 5.75 Å². The lowest BCUT2D eigenvalue weighted by Gasteiger charge is -2.19. The molecule has 0 heterocycles. The average Bonchev–Trinajstić information content (AvgIpc) is 2.37. The fraction of sp³-hybridized carbons (Fsp3) is 0.462. The van der Waals surface area contributed by atoms with E-state index in [1.54, 1.807) is 18.9 Å². The number of hydrogen-bond donors (Lipinski definition) is 2. The summed E-state index contributed by atoms with van der Waals surface area (Å²) in [6.45, 7) is 4.96. The fourth-order valence-corrected chi connectivity index (χ4v) is 1.42. The number of benzene rings is 1. The van der Waals surface area contributed by atoms with Crippen molar-refractivity contribution in [1.29, 1.82) is 0 Å². The lowest BCUT2D eigenvalue weighted by atomic mass is 10.2. The second-order valence-electron chi connectivity index (χ2n) is 4.52. The zero-order valence-corrected chi connectivity index (χ0v) is 14.9. The smallest absolute Gasteiger partial charge is 0.193 e. The number of nitrogens with one attached hydrogen (secondary N) is 1. The maximum atomic E-state index is 5.85. The van der Waals surface area contributed by atoms with Gasteiger partial charge in [-0.15, -0.1) is 24.0 Å². The molecule has 0 saturated carbocycles. The largest absolute Gasteiger partial charge is 0.497 e. The van der Waals surface area contributed by atoms with Gasteiger partial charge in [0.05, 0.1) is 13.7 Å². The number of hydrogen-bond acceptors (Lipinski definition) is 3. The molecule has 3 N–H and O–H groups in total. The minimum absolute atomic E-state index is 0. The van der Waals surface area contributed by atoms with Crippen LogP contribution < -0.4 is 15.8 Å². The van der Waals surface area contributed by atoms with E-state index < -0.39 is 0 Å². The van der Waals surface area contributed by atoms with Crippen molar-refractivity contribution in [2.45, 2.75) is 18.6 Å². The Kier molecular flexibility index (Phi) is 8.24. The third kappa shape index (κ3) is 6.91. The Bertz CT molecular complexity index is 424. The van der Waals surface area contributed by atoms with E-state index in [-0.39, 0.29) is 28.7 Å². The molecule has 1 aromatic carbocycles. The van der Waals surface area contributed by atoms with Crippen LogP contribution in [0.4, 0.5) is 5.69 Å². The first-order valence-electron chi connectivity index (χ1n) is 5.73. The highest BCUT2D eigenvalue weighted by atomic mass is 127. The van der Waals surface area contributed by atoms with Gasteiger partial charge in [-0.25, -0.2) is 0 Å². The highest BCUT2D eigenvalue weighted by Crippen LogP contribution is 2.21. The molecule has 0 amide bonds. The average molecular weight is 395 g/mol. The number of methoxy groups -OCH3 is 1. The van der Waals surface area contributed by atoms with E-state index in [1.807, 2.05) is 24.3 Å². The minimum Gasteiger partial charge on any atom is -0.497 e. The number of thioether (sulfide) groups is 1. The van der Waals surface area contributed by atoms with Gasteiger partial charge in [-0.05, 0) is 32.2 Å². The van der Waals surface area contributed by atoms with Crippen molar-refractivity contribution < 1.29 is 4.74 Å². The summed E-state index contributed by atoms with van der Waals surface area (Å²) in [5.74, 6) is 1.21. The molecule has 0 aromatic heterocycles. The first-order chi connectivity index (χ1) is 8.46. The van der Waals surface area contributed by atoms with Gasteiger partial charge >= 0.3 is 0 Å². The third-order valence-electron chi connectivity index (χ3n) is 2.52. The van der Waals surface area contributed by atoms with Crippen LogP contribution in [0.3, 0.4) is 0 Å². The number of ether oxygens (including phenoxy) is 1. The van der Waals surface area contributed by atoms with Crippen molar-refractivity contribution in [3.8, 4) is 5.75 Å². The molecule has 0 spiro atoms. The van der Waals surface area contributed by atoms with E-state index in [2.05, 4.69) is 30.4 Å². The molecule has 0 aliphatic rings. The lowest BCUT2D eigenvalue weighted by Crippen LogP contribution is -2.27. The second kappa shape index (κ2) is 8.52. The predicted octanol–water partition coefficient (Wildman–Crippen LogP) is 3.18. The van der Waals surface area contributed by atoms with Crippen molar-refractivity contribution >= 4 is 47.4 Å². The van der Waals surface area contributed by atoms with Gasteiger partial charge in [0.2, 0.25) is 0 Å². The topological polar surface area (TPSA) is 59.6 Å². The Morgan fingerprint density at radius 3 is 2.74 bits per heavy atom. The molecule has 19 heavy (non-hydrogen) atoms. The Morgan fingerprint density at radius 1 is 1.47 bits per heavy atom. The number of rotatable bonds is 5. The van der Waals surface area contributed by atoms with Crippen LogP contribution in [-0.2, 0) is 0 Å². The molecular formula is C13H22IN3OS. The zero-order valence-electron chi connectivity index (χ0n) is 11.8. The summed E-state index contributed by atoms with van der Waals surface area (Å²) in [5, 5.41) is 3.05. The molecule has 0 unspecified atom stereocenters. The summed E-state index contributed by atoms with van der Waals surface area (Å²) >= 11 is 1.77. The number of guanidine groups is 1. The van der Waals surface area contributed by atoms with E-state index in [4.69, 9.17) is 10.5 Å². The molecule has 0 aliphatic carbocycles. The van der Waals surface area contributed by atoms with Gasteiger partial charge in [0.25, 0.3) is 0 Å². The third-order valence-corrected chi connectivity index (χ3v) is 3.76. The van der Waals surface area contributed by atoms with Gasteiger partial charge in [-0.2, -0.15) is 11.8 Å². The molecule has 108 valence electrons. The van der Waals surface area contributed by atoms with Gasteiger partial charge < -0.3 is 15.8 Å². The summed E-state index contributed by atoms with van der Waals surface area (Å²) in [7, 11) is 1.64. The van der Waals surface area contributed by atoms with Crippen LogP contribution in [0.2, 0.25) is 0 Å². The van der Waals surface area contributed by atoms with Gasteiger partial charge in [0, 0.05) is 16.5 Å². The summed E-state index contributed by atoms with van der Waals surface area (Å²) in [5.41, 5.74) is 6.72. The summed E-state index contributed by atoms with van der Waals surface area (Å²) < 4.78 is 5.24. The highest BCUT2D eigenvalue weighted by Gasteiger charge is 2.14. The van der Waals surface area contributed by atoms with E-state index in [0.29, 0.717) is 12.5 Å². The maximum Gasteiger partial charge on any atom is 0.193 e. The second-order valence-corrected chi connectivity index (χ2v) is 6.04. The minimum atomic E-state index is 0. The summed E-state index contributed by atoms with van der Waals surface area (Å²) in [6.07, 6.45) is 2.07. The number of nitrogens with two attached hydrogens (primary N) is 1. The molecule has 1 aromatic rings. The highest BCUT2D eigenvalue weighted by molar-refractivity contribution is 14.0. The summed E-state index contributed by atoms with van der Waals surface area (Å²) in [4.78, 5) is 4.34. The van der Waals surface area contributed by atoms with Gasteiger partial charge in [-0.3, -0.25) is 4.99 Å². The first kappa shape index (κ1) is 18.4. The van der Waals surface area contributed by atoms with Crippen LogP contribution >= 0.6 is 35.7 Å². The number of aliphatic imine (C=N–C) groups is 1. The standard InChI is InChI=1S/C13H21N3OS.HI/c1-13(2,18-4)9-15-12(14)16-10-6-5-7-11(8-10)17-3;/h5-8H,9H2,1-4H3,(H3,14,15,16);1H.